The second-order valence-electron chi connectivity index (χ2n) is 7.87. The Morgan fingerprint density at radius 1 is 1.03 bits per heavy atom. The van der Waals surface area contributed by atoms with Crippen LogP contribution >= 0.6 is 0 Å². The number of hydrogen-bond donors (Lipinski definition) is 0. The Morgan fingerprint density at radius 2 is 1.80 bits per heavy atom. The fraction of sp³-hybridized carbons (Fsp3) is 0.591. The van der Waals surface area contributed by atoms with Crippen LogP contribution in [0.2, 0.25) is 0 Å². The zero-order chi connectivity index (χ0) is 20.9. The molecule has 0 N–H and O–H groups in total. The molecule has 0 radical (unpaired) electrons. The number of pyridine rings is 2. The summed E-state index contributed by atoms with van der Waals surface area (Å²) in [5.74, 6) is 1.49. The Balaban J connectivity index is 1.58. The van der Waals surface area contributed by atoms with Gasteiger partial charge in [0.1, 0.15) is 5.82 Å². The van der Waals surface area contributed by atoms with Crippen LogP contribution in [0.3, 0.4) is 0 Å². The fourth-order valence-electron chi connectivity index (χ4n) is 4.24. The quantitative estimate of drug-likeness (QED) is 0.746. The van der Waals surface area contributed by atoms with Crippen LogP contribution in [0.1, 0.15) is 31.7 Å². The molecule has 0 aliphatic carbocycles. The maximum Gasteiger partial charge on any atom is 0.409 e. The van der Waals surface area contributed by atoms with E-state index in [9.17, 15) is 4.79 Å². The van der Waals surface area contributed by atoms with Gasteiger partial charge >= 0.3 is 6.09 Å². The number of aromatic nitrogens is 2. The first-order chi connectivity index (χ1) is 14.7. The van der Waals surface area contributed by atoms with Gasteiger partial charge in [-0.25, -0.2) is 9.78 Å². The zero-order valence-electron chi connectivity index (χ0n) is 18.0. The van der Waals surface area contributed by atoms with Crippen molar-refractivity contribution in [2.75, 3.05) is 57.9 Å². The Hall–Kier alpha value is -2.61. The van der Waals surface area contributed by atoms with Gasteiger partial charge in [0.15, 0.2) is 5.65 Å². The predicted octanol–water partition coefficient (Wildman–Crippen LogP) is 2.90. The molecule has 0 saturated carbocycles. The first kappa shape index (κ1) is 20.7. The SMILES string of the molecule is CCOC(=O)N1CCN(c2cc(CN3CCCCC3)c3ccc(OC)nc3n2)CC1. The van der Waals surface area contributed by atoms with Gasteiger partial charge < -0.3 is 19.3 Å². The molecule has 2 aliphatic rings. The highest BCUT2D eigenvalue weighted by Crippen LogP contribution is 2.27. The molecule has 1 amide bonds. The molecule has 0 spiro atoms. The van der Waals surface area contributed by atoms with Gasteiger partial charge in [-0.15, -0.1) is 0 Å². The number of carbonyl (C=O) groups is 1. The summed E-state index contributed by atoms with van der Waals surface area (Å²) in [7, 11) is 1.63. The third kappa shape index (κ3) is 4.59. The lowest BCUT2D eigenvalue weighted by Crippen LogP contribution is -2.49. The van der Waals surface area contributed by atoms with E-state index in [-0.39, 0.29) is 6.09 Å². The van der Waals surface area contributed by atoms with Crippen LogP contribution in [0, 0.1) is 0 Å². The second kappa shape index (κ2) is 9.47. The minimum absolute atomic E-state index is 0.235. The smallest absolute Gasteiger partial charge is 0.409 e. The highest BCUT2D eigenvalue weighted by molar-refractivity contribution is 5.81. The second-order valence-corrected chi connectivity index (χ2v) is 7.87. The molecule has 2 fully saturated rings. The van der Waals surface area contributed by atoms with Crippen LogP contribution < -0.4 is 9.64 Å². The van der Waals surface area contributed by atoms with Gasteiger partial charge in [-0.2, -0.15) is 4.98 Å². The van der Waals surface area contributed by atoms with E-state index >= 15 is 0 Å². The predicted molar refractivity (Wildman–Crippen MR) is 116 cm³/mol. The molecule has 8 nitrogen and oxygen atoms in total. The van der Waals surface area contributed by atoms with Gasteiger partial charge in [0.05, 0.1) is 13.7 Å². The Morgan fingerprint density at radius 3 is 2.50 bits per heavy atom. The first-order valence-corrected chi connectivity index (χ1v) is 10.9. The molecular weight excluding hydrogens is 382 g/mol. The summed E-state index contributed by atoms with van der Waals surface area (Å²) in [5.41, 5.74) is 1.96. The van der Waals surface area contributed by atoms with Gasteiger partial charge in [-0.3, -0.25) is 4.90 Å². The van der Waals surface area contributed by atoms with E-state index in [0.29, 0.717) is 31.2 Å². The molecule has 0 aromatic carbocycles. The van der Waals surface area contributed by atoms with Crippen molar-refractivity contribution >= 4 is 22.9 Å². The Labute approximate surface area is 177 Å². The van der Waals surface area contributed by atoms with E-state index in [1.54, 1.807) is 12.0 Å². The largest absolute Gasteiger partial charge is 0.481 e. The molecule has 0 unspecified atom stereocenters. The number of piperazine rings is 1. The fourth-order valence-corrected chi connectivity index (χ4v) is 4.24. The van der Waals surface area contributed by atoms with E-state index in [1.807, 2.05) is 13.0 Å². The molecule has 0 bridgehead atoms. The molecule has 162 valence electrons. The van der Waals surface area contributed by atoms with Crippen molar-refractivity contribution in [1.82, 2.24) is 19.8 Å². The number of rotatable bonds is 5. The van der Waals surface area contributed by atoms with Gasteiger partial charge in [-0.1, -0.05) is 6.42 Å². The van der Waals surface area contributed by atoms with Crippen molar-refractivity contribution in [3.8, 4) is 5.88 Å². The average molecular weight is 414 g/mol. The van der Waals surface area contributed by atoms with E-state index in [1.165, 1.54) is 24.8 Å². The van der Waals surface area contributed by atoms with Crippen molar-refractivity contribution in [1.29, 1.82) is 0 Å². The summed E-state index contributed by atoms with van der Waals surface area (Å²) < 4.78 is 10.5. The molecule has 4 rings (SSSR count). The highest BCUT2D eigenvalue weighted by Gasteiger charge is 2.24. The number of anilines is 1. The summed E-state index contributed by atoms with van der Waals surface area (Å²) in [6.45, 7) is 8.13. The lowest BCUT2D eigenvalue weighted by atomic mass is 10.1. The van der Waals surface area contributed by atoms with Crippen LogP contribution in [0.4, 0.5) is 10.6 Å². The zero-order valence-corrected chi connectivity index (χ0v) is 18.0. The number of carbonyl (C=O) groups excluding carboxylic acids is 1. The van der Waals surface area contributed by atoms with Gasteiger partial charge in [0.25, 0.3) is 0 Å². The molecule has 2 aromatic rings. The van der Waals surface area contributed by atoms with Crippen LogP contribution in [0.15, 0.2) is 18.2 Å². The number of amides is 1. The maximum absolute atomic E-state index is 12.0. The number of nitrogens with zero attached hydrogens (tertiary/aromatic N) is 5. The molecule has 0 atom stereocenters. The molecular formula is C22H31N5O3. The topological polar surface area (TPSA) is 71.0 Å². The van der Waals surface area contributed by atoms with Crippen molar-refractivity contribution in [2.24, 2.45) is 0 Å². The first-order valence-electron chi connectivity index (χ1n) is 10.9. The molecule has 2 aliphatic heterocycles. The monoisotopic (exact) mass is 413 g/mol. The third-order valence-corrected chi connectivity index (χ3v) is 5.90. The maximum atomic E-state index is 12.0. The molecule has 4 heterocycles. The van der Waals surface area contributed by atoms with Gasteiger partial charge in [0.2, 0.25) is 5.88 Å². The summed E-state index contributed by atoms with van der Waals surface area (Å²) >= 11 is 0. The van der Waals surface area contributed by atoms with E-state index in [2.05, 4.69) is 26.9 Å². The summed E-state index contributed by atoms with van der Waals surface area (Å²) in [5, 5.41) is 1.08. The van der Waals surface area contributed by atoms with Crippen molar-refractivity contribution in [2.45, 2.75) is 32.7 Å². The molecule has 2 saturated heterocycles. The van der Waals surface area contributed by atoms with E-state index < -0.39 is 0 Å². The lowest BCUT2D eigenvalue weighted by molar-refractivity contribution is 0.105. The van der Waals surface area contributed by atoms with Crippen LogP contribution in [-0.2, 0) is 11.3 Å². The van der Waals surface area contributed by atoms with Crippen molar-refractivity contribution < 1.29 is 14.3 Å². The summed E-state index contributed by atoms with van der Waals surface area (Å²) in [4.78, 5) is 28.0. The minimum atomic E-state index is -0.235. The Bertz CT molecular complexity index is 876. The van der Waals surface area contributed by atoms with Crippen molar-refractivity contribution in [3.63, 3.8) is 0 Å². The van der Waals surface area contributed by atoms with E-state index in [0.717, 1.165) is 43.9 Å². The van der Waals surface area contributed by atoms with Crippen LogP contribution in [-0.4, -0.2) is 78.8 Å². The number of methoxy groups -OCH3 is 1. The number of hydrogen-bond acceptors (Lipinski definition) is 7. The van der Waals surface area contributed by atoms with Crippen LogP contribution in [0.25, 0.3) is 11.0 Å². The molecule has 8 heteroatoms. The van der Waals surface area contributed by atoms with E-state index in [4.69, 9.17) is 14.5 Å². The van der Waals surface area contributed by atoms with Crippen molar-refractivity contribution in [3.05, 3.63) is 23.8 Å². The molecule has 2 aromatic heterocycles. The normalized spacial score (nSPS) is 17.9. The summed E-state index contributed by atoms with van der Waals surface area (Å²) in [6.07, 6.45) is 3.61. The number of likely N-dealkylation sites (tertiary alicyclic amines) is 1. The Kier molecular flexibility index (Phi) is 6.52. The lowest BCUT2D eigenvalue weighted by Gasteiger charge is -2.35. The highest BCUT2D eigenvalue weighted by atomic mass is 16.6. The van der Waals surface area contributed by atoms with Gasteiger partial charge in [0, 0.05) is 44.2 Å². The van der Waals surface area contributed by atoms with Gasteiger partial charge in [-0.05, 0) is 50.6 Å². The number of ether oxygens (including phenoxy) is 2. The standard InChI is InChI=1S/C22H31N5O3/c1-3-30-22(28)27-13-11-26(12-14-27)19-15-17(16-25-9-5-4-6-10-25)18-7-8-20(29-2)24-21(18)23-19/h7-8,15H,3-6,9-14,16H2,1-2H3. The number of piperidine rings is 1. The third-order valence-electron chi connectivity index (χ3n) is 5.90. The molecule has 30 heavy (non-hydrogen) atoms. The van der Waals surface area contributed by atoms with Crippen LogP contribution in [0.5, 0.6) is 5.88 Å². The average Bonchev–Trinajstić information content (AvgIpc) is 2.79. The summed E-state index contributed by atoms with van der Waals surface area (Å²) in [6, 6.07) is 6.17. The number of fused-ring (bicyclic) bond motifs is 1. The minimum Gasteiger partial charge on any atom is -0.481 e.